The van der Waals surface area contributed by atoms with Crippen molar-refractivity contribution in [3.05, 3.63) is 0 Å². The molecule has 3 heteroatoms. The number of unbranched alkanes of at least 4 members (excludes halogenated alkanes) is 14. The normalized spacial score (nSPS) is 10.9. The summed E-state index contributed by atoms with van der Waals surface area (Å²) in [7, 11) is 0. The average molecular weight is 343 g/mol. The maximum absolute atomic E-state index is 11.6. The standard InChI is InChI=1S/C21H42O3/c1-2-3-4-5-11-14-17-20-24-21(23)18-15-12-9-7-6-8-10-13-16-19-22/h22H,2-20H2,1H3. The van der Waals surface area contributed by atoms with Crippen molar-refractivity contribution in [3.8, 4) is 0 Å². The zero-order valence-electron chi connectivity index (χ0n) is 16.2. The van der Waals surface area contributed by atoms with Crippen LogP contribution in [0.25, 0.3) is 0 Å². The van der Waals surface area contributed by atoms with Crippen LogP contribution < -0.4 is 0 Å². The Morgan fingerprint density at radius 2 is 1.12 bits per heavy atom. The van der Waals surface area contributed by atoms with Gasteiger partial charge < -0.3 is 9.84 Å². The Kier molecular flexibility index (Phi) is 20.0. The number of rotatable bonds is 19. The summed E-state index contributed by atoms with van der Waals surface area (Å²) in [5.74, 6) is -0.00927. The van der Waals surface area contributed by atoms with Gasteiger partial charge in [0, 0.05) is 13.0 Å². The predicted molar refractivity (Wildman–Crippen MR) is 102 cm³/mol. The summed E-state index contributed by atoms with van der Waals surface area (Å²) >= 11 is 0. The van der Waals surface area contributed by atoms with Crippen molar-refractivity contribution in [2.75, 3.05) is 13.2 Å². The Bertz CT molecular complexity index is 253. The van der Waals surface area contributed by atoms with Gasteiger partial charge in [0.25, 0.3) is 0 Å². The maximum atomic E-state index is 11.6. The minimum absolute atomic E-state index is 0.00927. The molecule has 144 valence electrons. The smallest absolute Gasteiger partial charge is 0.305 e. The van der Waals surface area contributed by atoms with Crippen LogP contribution in [0, 0.1) is 0 Å². The number of ether oxygens (including phenoxy) is 1. The van der Waals surface area contributed by atoms with Gasteiger partial charge in [-0.3, -0.25) is 4.79 Å². The van der Waals surface area contributed by atoms with E-state index in [4.69, 9.17) is 9.84 Å². The number of carbonyl (C=O) groups excluding carboxylic acids is 1. The first-order valence-electron chi connectivity index (χ1n) is 10.6. The molecule has 0 saturated heterocycles. The van der Waals surface area contributed by atoms with E-state index in [1.807, 2.05) is 0 Å². The topological polar surface area (TPSA) is 46.5 Å². The Morgan fingerprint density at radius 1 is 0.667 bits per heavy atom. The van der Waals surface area contributed by atoms with Gasteiger partial charge in [-0.15, -0.1) is 0 Å². The second kappa shape index (κ2) is 20.5. The third-order valence-corrected chi connectivity index (χ3v) is 4.55. The monoisotopic (exact) mass is 342 g/mol. The number of hydrogen-bond donors (Lipinski definition) is 1. The van der Waals surface area contributed by atoms with Gasteiger partial charge in [0.2, 0.25) is 0 Å². The molecule has 0 amide bonds. The van der Waals surface area contributed by atoms with Crippen LogP contribution in [-0.4, -0.2) is 24.3 Å². The summed E-state index contributed by atoms with van der Waals surface area (Å²) in [4.78, 5) is 11.6. The second-order valence-corrected chi connectivity index (χ2v) is 7.00. The van der Waals surface area contributed by atoms with Gasteiger partial charge in [-0.1, -0.05) is 90.4 Å². The molecular weight excluding hydrogens is 300 g/mol. The zero-order valence-corrected chi connectivity index (χ0v) is 16.2. The van der Waals surface area contributed by atoms with Gasteiger partial charge in [-0.05, 0) is 19.3 Å². The maximum Gasteiger partial charge on any atom is 0.305 e. The van der Waals surface area contributed by atoms with Crippen molar-refractivity contribution < 1.29 is 14.6 Å². The van der Waals surface area contributed by atoms with E-state index in [-0.39, 0.29) is 5.97 Å². The lowest BCUT2D eigenvalue weighted by Crippen LogP contribution is -2.05. The number of esters is 1. The molecule has 0 saturated carbocycles. The minimum atomic E-state index is -0.00927. The van der Waals surface area contributed by atoms with Crippen molar-refractivity contribution in [1.29, 1.82) is 0 Å². The number of hydrogen-bond acceptors (Lipinski definition) is 3. The third kappa shape index (κ3) is 19.5. The molecule has 0 bridgehead atoms. The molecule has 0 atom stereocenters. The van der Waals surface area contributed by atoms with Crippen molar-refractivity contribution in [2.24, 2.45) is 0 Å². The molecule has 0 aliphatic heterocycles. The highest BCUT2D eigenvalue weighted by atomic mass is 16.5. The van der Waals surface area contributed by atoms with E-state index >= 15 is 0 Å². The molecular formula is C21H42O3. The molecule has 0 aliphatic rings. The molecule has 0 unspecified atom stereocenters. The minimum Gasteiger partial charge on any atom is -0.466 e. The first-order valence-corrected chi connectivity index (χ1v) is 10.6. The Labute approximate surface area is 150 Å². The van der Waals surface area contributed by atoms with Crippen molar-refractivity contribution in [1.82, 2.24) is 0 Å². The quantitative estimate of drug-likeness (QED) is 0.225. The lowest BCUT2D eigenvalue weighted by molar-refractivity contribution is -0.143. The van der Waals surface area contributed by atoms with E-state index in [0.29, 0.717) is 19.6 Å². The Balaban J connectivity index is 3.13. The molecule has 0 aromatic rings. The second-order valence-electron chi connectivity index (χ2n) is 7.00. The highest BCUT2D eigenvalue weighted by Crippen LogP contribution is 2.11. The van der Waals surface area contributed by atoms with E-state index in [1.165, 1.54) is 70.6 Å². The lowest BCUT2D eigenvalue weighted by atomic mass is 10.1. The first kappa shape index (κ1) is 23.4. The Morgan fingerprint density at radius 3 is 1.67 bits per heavy atom. The number of aliphatic hydroxyl groups excluding tert-OH is 1. The third-order valence-electron chi connectivity index (χ3n) is 4.55. The van der Waals surface area contributed by atoms with Crippen molar-refractivity contribution >= 4 is 5.97 Å². The molecule has 0 aromatic carbocycles. The summed E-state index contributed by atoms with van der Waals surface area (Å²) in [5.41, 5.74) is 0. The summed E-state index contributed by atoms with van der Waals surface area (Å²) in [6.07, 6.45) is 19.9. The molecule has 0 radical (unpaired) electrons. The Hall–Kier alpha value is -0.570. The molecule has 0 aliphatic carbocycles. The van der Waals surface area contributed by atoms with Gasteiger partial charge in [0.1, 0.15) is 0 Å². The van der Waals surface area contributed by atoms with Gasteiger partial charge in [-0.25, -0.2) is 0 Å². The average Bonchev–Trinajstić information content (AvgIpc) is 2.59. The van der Waals surface area contributed by atoms with Crippen LogP contribution in [0.2, 0.25) is 0 Å². The molecule has 24 heavy (non-hydrogen) atoms. The van der Waals surface area contributed by atoms with E-state index in [0.717, 1.165) is 32.1 Å². The molecule has 3 nitrogen and oxygen atoms in total. The fourth-order valence-electron chi connectivity index (χ4n) is 2.94. The fourth-order valence-corrected chi connectivity index (χ4v) is 2.94. The van der Waals surface area contributed by atoms with Crippen LogP contribution in [0.5, 0.6) is 0 Å². The van der Waals surface area contributed by atoms with Gasteiger partial charge in [0.15, 0.2) is 0 Å². The van der Waals surface area contributed by atoms with Crippen LogP contribution in [0.4, 0.5) is 0 Å². The summed E-state index contributed by atoms with van der Waals surface area (Å²) in [6.45, 7) is 3.18. The van der Waals surface area contributed by atoms with Crippen LogP contribution in [0.15, 0.2) is 0 Å². The number of aliphatic hydroxyl groups is 1. The van der Waals surface area contributed by atoms with Crippen molar-refractivity contribution in [3.63, 3.8) is 0 Å². The van der Waals surface area contributed by atoms with Crippen LogP contribution in [-0.2, 0) is 9.53 Å². The predicted octanol–water partition coefficient (Wildman–Crippen LogP) is 6.17. The van der Waals surface area contributed by atoms with Crippen LogP contribution >= 0.6 is 0 Å². The van der Waals surface area contributed by atoms with Crippen LogP contribution in [0.3, 0.4) is 0 Å². The SMILES string of the molecule is CCCCCCCCCOC(=O)CCCCCCCCCCCO. The first-order chi connectivity index (χ1) is 11.8. The van der Waals surface area contributed by atoms with E-state index < -0.39 is 0 Å². The molecule has 0 spiro atoms. The summed E-state index contributed by atoms with van der Waals surface area (Å²) in [6, 6.07) is 0. The largest absolute Gasteiger partial charge is 0.466 e. The molecule has 0 fully saturated rings. The molecule has 0 heterocycles. The molecule has 0 rings (SSSR count). The van der Waals surface area contributed by atoms with Gasteiger partial charge in [0.05, 0.1) is 6.61 Å². The van der Waals surface area contributed by atoms with Crippen LogP contribution in [0.1, 0.15) is 116 Å². The molecule has 0 aromatic heterocycles. The van der Waals surface area contributed by atoms with Gasteiger partial charge in [-0.2, -0.15) is 0 Å². The summed E-state index contributed by atoms with van der Waals surface area (Å²) < 4.78 is 5.29. The van der Waals surface area contributed by atoms with Gasteiger partial charge >= 0.3 is 5.97 Å². The van der Waals surface area contributed by atoms with E-state index in [1.54, 1.807) is 0 Å². The van der Waals surface area contributed by atoms with E-state index in [9.17, 15) is 4.79 Å². The lowest BCUT2D eigenvalue weighted by Gasteiger charge is -2.05. The van der Waals surface area contributed by atoms with E-state index in [2.05, 4.69) is 6.92 Å². The fraction of sp³-hybridized carbons (Fsp3) is 0.952. The highest BCUT2D eigenvalue weighted by Gasteiger charge is 2.02. The van der Waals surface area contributed by atoms with Crippen molar-refractivity contribution in [2.45, 2.75) is 116 Å². The highest BCUT2D eigenvalue weighted by molar-refractivity contribution is 5.69. The number of carbonyl (C=O) groups is 1. The summed E-state index contributed by atoms with van der Waals surface area (Å²) in [5, 5.41) is 8.69. The zero-order chi connectivity index (χ0) is 17.7. The molecule has 1 N–H and O–H groups in total.